The van der Waals surface area contributed by atoms with E-state index in [0.29, 0.717) is 6.04 Å². The van der Waals surface area contributed by atoms with E-state index >= 15 is 0 Å². The van der Waals surface area contributed by atoms with Crippen molar-refractivity contribution in [1.82, 2.24) is 10.2 Å². The van der Waals surface area contributed by atoms with Crippen LogP contribution in [-0.2, 0) is 17.8 Å². The van der Waals surface area contributed by atoms with Crippen LogP contribution >= 0.6 is 0 Å². The predicted octanol–water partition coefficient (Wildman–Crippen LogP) is 1.61. The maximum atomic E-state index is 5.51. The number of hydrogen-bond acceptors (Lipinski definition) is 4. The molecule has 1 atom stereocenters. The van der Waals surface area contributed by atoms with Crippen LogP contribution in [0.25, 0.3) is 0 Å². The summed E-state index contributed by atoms with van der Waals surface area (Å²) >= 11 is 0. The molecular formula is C13H22N2O2. The van der Waals surface area contributed by atoms with Crippen LogP contribution in [0.4, 0.5) is 0 Å². The van der Waals surface area contributed by atoms with Gasteiger partial charge in [-0.2, -0.15) is 0 Å². The lowest BCUT2D eigenvalue weighted by Crippen LogP contribution is -2.31. The van der Waals surface area contributed by atoms with Gasteiger partial charge in [-0.25, -0.2) is 0 Å². The average molecular weight is 238 g/mol. The number of nitrogens with zero attached hydrogens (tertiary/aromatic N) is 1. The highest BCUT2D eigenvalue weighted by atomic mass is 16.5. The van der Waals surface area contributed by atoms with Gasteiger partial charge >= 0.3 is 0 Å². The third-order valence-electron chi connectivity index (χ3n) is 3.32. The van der Waals surface area contributed by atoms with E-state index in [1.54, 1.807) is 6.26 Å². The van der Waals surface area contributed by atoms with Crippen LogP contribution in [-0.4, -0.2) is 37.7 Å². The Hall–Kier alpha value is -0.840. The first-order valence-electron chi connectivity index (χ1n) is 6.35. The van der Waals surface area contributed by atoms with Crippen LogP contribution in [0.2, 0.25) is 0 Å². The zero-order valence-electron chi connectivity index (χ0n) is 10.7. The van der Waals surface area contributed by atoms with Crippen molar-refractivity contribution in [2.75, 3.05) is 26.8 Å². The molecule has 1 saturated heterocycles. The summed E-state index contributed by atoms with van der Waals surface area (Å²) in [7, 11) is 2.16. The molecule has 0 spiro atoms. The van der Waals surface area contributed by atoms with E-state index in [1.165, 1.54) is 5.56 Å². The van der Waals surface area contributed by atoms with Crippen molar-refractivity contribution in [2.45, 2.75) is 32.5 Å². The van der Waals surface area contributed by atoms with E-state index in [2.05, 4.69) is 30.3 Å². The van der Waals surface area contributed by atoms with Gasteiger partial charge in [-0.3, -0.25) is 4.90 Å². The van der Waals surface area contributed by atoms with Gasteiger partial charge in [0.2, 0.25) is 0 Å². The fourth-order valence-corrected chi connectivity index (χ4v) is 2.17. The van der Waals surface area contributed by atoms with Crippen LogP contribution in [0.15, 0.2) is 16.7 Å². The van der Waals surface area contributed by atoms with Gasteiger partial charge in [-0.05, 0) is 26.1 Å². The summed E-state index contributed by atoms with van der Waals surface area (Å²) in [6.07, 6.45) is 2.91. The number of likely N-dealkylation sites (N-methyl/N-ethyl adjacent to an activating group) is 1. The first-order chi connectivity index (χ1) is 8.31. The fraction of sp³-hybridized carbons (Fsp3) is 0.692. The van der Waals surface area contributed by atoms with E-state index < -0.39 is 0 Å². The van der Waals surface area contributed by atoms with Gasteiger partial charge < -0.3 is 14.5 Å². The van der Waals surface area contributed by atoms with E-state index in [4.69, 9.17) is 9.15 Å². The minimum absolute atomic E-state index is 0.553. The molecular weight excluding hydrogens is 216 g/mol. The van der Waals surface area contributed by atoms with E-state index in [9.17, 15) is 0 Å². The van der Waals surface area contributed by atoms with Crippen LogP contribution in [0.3, 0.4) is 0 Å². The highest BCUT2D eigenvalue weighted by Crippen LogP contribution is 2.17. The Labute approximate surface area is 103 Å². The summed E-state index contributed by atoms with van der Waals surface area (Å²) in [6.45, 7) is 6.57. The molecule has 2 rings (SSSR count). The molecule has 0 aromatic carbocycles. The monoisotopic (exact) mass is 238 g/mol. The summed E-state index contributed by atoms with van der Waals surface area (Å²) in [5, 5.41) is 3.30. The summed E-state index contributed by atoms with van der Waals surface area (Å²) < 4.78 is 10.9. The Balaban J connectivity index is 1.90. The molecule has 1 unspecified atom stereocenters. The van der Waals surface area contributed by atoms with Gasteiger partial charge in [0.05, 0.1) is 19.4 Å². The summed E-state index contributed by atoms with van der Waals surface area (Å²) in [6, 6.07) is 2.62. The zero-order valence-corrected chi connectivity index (χ0v) is 10.7. The molecule has 1 aromatic heterocycles. The molecule has 0 radical (unpaired) electrons. The lowest BCUT2D eigenvalue weighted by molar-refractivity contribution is 0.156. The Kier molecular flexibility index (Phi) is 4.59. The van der Waals surface area contributed by atoms with Gasteiger partial charge in [-0.1, -0.05) is 6.92 Å². The molecule has 0 saturated carbocycles. The summed E-state index contributed by atoms with van der Waals surface area (Å²) in [5.41, 5.74) is 1.28. The first-order valence-corrected chi connectivity index (χ1v) is 6.35. The number of furan rings is 1. The third-order valence-corrected chi connectivity index (χ3v) is 3.32. The molecule has 1 aliphatic rings. The second kappa shape index (κ2) is 6.19. The fourth-order valence-electron chi connectivity index (χ4n) is 2.17. The third kappa shape index (κ3) is 3.31. The topological polar surface area (TPSA) is 37.6 Å². The van der Waals surface area contributed by atoms with E-state index in [0.717, 1.165) is 45.0 Å². The van der Waals surface area contributed by atoms with Crippen LogP contribution in [0, 0.1) is 0 Å². The first kappa shape index (κ1) is 12.6. The predicted molar refractivity (Wildman–Crippen MR) is 66.8 cm³/mol. The molecule has 4 heteroatoms. The van der Waals surface area contributed by atoms with Crippen molar-refractivity contribution in [3.8, 4) is 0 Å². The second-order valence-corrected chi connectivity index (χ2v) is 4.58. The maximum absolute atomic E-state index is 5.51. The number of rotatable bonds is 6. The highest BCUT2D eigenvalue weighted by molar-refractivity contribution is 5.17. The van der Waals surface area contributed by atoms with Crippen molar-refractivity contribution in [3.05, 3.63) is 23.7 Å². The minimum atomic E-state index is 0.553. The molecule has 17 heavy (non-hydrogen) atoms. The molecule has 0 aliphatic carbocycles. The van der Waals surface area contributed by atoms with Crippen LogP contribution < -0.4 is 5.32 Å². The molecule has 1 aliphatic heterocycles. The second-order valence-electron chi connectivity index (χ2n) is 4.58. The Morgan fingerprint density at radius 3 is 3.12 bits per heavy atom. The van der Waals surface area contributed by atoms with E-state index in [-0.39, 0.29) is 0 Å². The van der Waals surface area contributed by atoms with Crippen molar-refractivity contribution in [2.24, 2.45) is 0 Å². The van der Waals surface area contributed by atoms with Crippen LogP contribution in [0.5, 0.6) is 0 Å². The Morgan fingerprint density at radius 1 is 1.53 bits per heavy atom. The molecule has 0 bridgehead atoms. The molecule has 4 nitrogen and oxygen atoms in total. The SMILES string of the molecule is CCNCc1occc1CN(C)C1CCOC1. The molecule has 2 heterocycles. The molecule has 1 fully saturated rings. The minimum Gasteiger partial charge on any atom is -0.468 e. The smallest absolute Gasteiger partial charge is 0.122 e. The van der Waals surface area contributed by atoms with Crippen molar-refractivity contribution in [1.29, 1.82) is 0 Å². The number of nitrogens with one attached hydrogen (secondary N) is 1. The van der Waals surface area contributed by atoms with Crippen molar-refractivity contribution >= 4 is 0 Å². The lowest BCUT2D eigenvalue weighted by Gasteiger charge is -2.22. The van der Waals surface area contributed by atoms with Crippen molar-refractivity contribution < 1.29 is 9.15 Å². The molecule has 1 N–H and O–H groups in total. The summed E-state index contributed by atoms with van der Waals surface area (Å²) in [5.74, 6) is 1.05. The van der Waals surface area contributed by atoms with Gasteiger partial charge in [0.15, 0.2) is 0 Å². The Morgan fingerprint density at radius 2 is 2.41 bits per heavy atom. The molecule has 0 amide bonds. The van der Waals surface area contributed by atoms with E-state index in [1.807, 2.05) is 0 Å². The highest BCUT2D eigenvalue weighted by Gasteiger charge is 2.21. The Bertz CT molecular complexity index is 332. The van der Waals surface area contributed by atoms with Gasteiger partial charge in [0.1, 0.15) is 5.76 Å². The quantitative estimate of drug-likeness (QED) is 0.817. The van der Waals surface area contributed by atoms with Crippen molar-refractivity contribution in [3.63, 3.8) is 0 Å². The van der Waals surface area contributed by atoms with Gasteiger partial charge in [-0.15, -0.1) is 0 Å². The number of ether oxygens (including phenoxy) is 1. The normalized spacial score (nSPS) is 20.3. The number of hydrogen-bond donors (Lipinski definition) is 1. The largest absolute Gasteiger partial charge is 0.468 e. The van der Waals surface area contributed by atoms with Gasteiger partial charge in [0.25, 0.3) is 0 Å². The average Bonchev–Trinajstić information content (AvgIpc) is 2.97. The maximum Gasteiger partial charge on any atom is 0.122 e. The lowest BCUT2D eigenvalue weighted by atomic mass is 10.2. The molecule has 96 valence electrons. The van der Waals surface area contributed by atoms with Crippen LogP contribution in [0.1, 0.15) is 24.7 Å². The summed E-state index contributed by atoms with van der Waals surface area (Å²) in [4.78, 5) is 2.35. The van der Waals surface area contributed by atoms with Gasteiger partial charge in [0, 0.05) is 24.8 Å². The zero-order chi connectivity index (χ0) is 12.1. The standard InChI is InChI=1S/C13H22N2O2/c1-3-14-8-13-11(4-7-17-13)9-15(2)12-5-6-16-10-12/h4,7,12,14H,3,5-6,8-10H2,1-2H3. The molecule has 1 aromatic rings.